The number of ether oxygens (including phenoxy) is 1. The maximum atomic E-state index is 12.7. The molecule has 1 saturated heterocycles. The third kappa shape index (κ3) is 3.31. The third-order valence-corrected chi connectivity index (χ3v) is 5.74. The van der Waals surface area contributed by atoms with Crippen molar-refractivity contribution >= 4 is 10.0 Å². The molecule has 1 fully saturated rings. The Hall–Kier alpha value is -0.890. The highest BCUT2D eigenvalue weighted by Gasteiger charge is 2.33. The van der Waals surface area contributed by atoms with Crippen LogP contribution >= 0.6 is 0 Å². The third-order valence-electron chi connectivity index (χ3n) is 3.91. The van der Waals surface area contributed by atoms with Crippen LogP contribution in [0.1, 0.15) is 32.0 Å². The van der Waals surface area contributed by atoms with Crippen LogP contribution in [0.3, 0.4) is 0 Å². The van der Waals surface area contributed by atoms with Gasteiger partial charge in [-0.05, 0) is 32.3 Å². The largest absolute Gasteiger partial charge is 0.390 e. The summed E-state index contributed by atoms with van der Waals surface area (Å²) in [5.74, 6) is 0.259. The lowest BCUT2D eigenvalue weighted by Gasteiger charge is -2.15. The highest BCUT2D eigenvalue weighted by atomic mass is 32.2. The van der Waals surface area contributed by atoms with E-state index in [0.717, 1.165) is 6.42 Å². The lowest BCUT2D eigenvalue weighted by atomic mass is 10.1. The number of hydrogen-bond donors (Lipinski definition) is 1. The SMILES string of the molecule is COCC1CCN(S(=O)(=O)c2cc(CO)n(C(C)C)c2)C1. The van der Waals surface area contributed by atoms with Crippen LogP contribution in [-0.2, 0) is 21.4 Å². The molecule has 2 heterocycles. The molecule has 1 atom stereocenters. The van der Waals surface area contributed by atoms with Crippen LogP contribution < -0.4 is 0 Å². The summed E-state index contributed by atoms with van der Waals surface area (Å²) in [6.07, 6.45) is 2.44. The first-order valence-corrected chi connectivity index (χ1v) is 8.64. The summed E-state index contributed by atoms with van der Waals surface area (Å²) in [6.45, 7) is 5.36. The summed E-state index contributed by atoms with van der Waals surface area (Å²) < 4.78 is 33.8. The molecule has 120 valence electrons. The molecule has 0 saturated carbocycles. The quantitative estimate of drug-likeness (QED) is 0.856. The molecule has 0 spiro atoms. The van der Waals surface area contributed by atoms with Gasteiger partial charge in [-0.2, -0.15) is 4.31 Å². The second kappa shape index (κ2) is 6.48. The molecule has 1 aliphatic heterocycles. The highest BCUT2D eigenvalue weighted by Crippen LogP contribution is 2.27. The zero-order valence-corrected chi connectivity index (χ0v) is 13.6. The number of methoxy groups -OCH3 is 1. The van der Waals surface area contributed by atoms with E-state index in [4.69, 9.17) is 4.74 Å². The molecule has 0 radical (unpaired) electrons. The highest BCUT2D eigenvalue weighted by molar-refractivity contribution is 7.89. The fraction of sp³-hybridized carbons (Fsp3) is 0.714. The fourth-order valence-electron chi connectivity index (χ4n) is 2.78. The van der Waals surface area contributed by atoms with E-state index in [2.05, 4.69) is 0 Å². The Morgan fingerprint density at radius 1 is 1.48 bits per heavy atom. The van der Waals surface area contributed by atoms with Crippen molar-refractivity contribution in [1.82, 2.24) is 8.87 Å². The van der Waals surface area contributed by atoms with Crippen LogP contribution in [0.4, 0.5) is 0 Å². The second-order valence-electron chi connectivity index (χ2n) is 5.80. The number of aliphatic hydroxyl groups is 1. The van der Waals surface area contributed by atoms with Gasteiger partial charge in [0.15, 0.2) is 0 Å². The van der Waals surface area contributed by atoms with Crippen molar-refractivity contribution in [2.75, 3.05) is 26.8 Å². The zero-order valence-electron chi connectivity index (χ0n) is 12.8. The minimum absolute atomic E-state index is 0.107. The summed E-state index contributed by atoms with van der Waals surface area (Å²) in [6, 6.07) is 1.68. The van der Waals surface area contributed by atoms with Gasteiger partial charge < -0.3 is 14.4 Å². The fourth-order valence-corrected chi connectivity index (χ4v) is 4.36. The molecule has 0 aliphatic carbocycles. The van der Waals surface area contributed by atoms with E-state index in [1.54, 1.807) is 23.9 Å². The van der Waals surface area contributed by atoms with Gasteiger partial charge in [0.2, 0.25) is 10.0 Å². The lowest BCUT2D eigenvalue weighted by molar-refractivity contribution is 0.157. The Balaban J connectivity index is 2.24. The lowest BCUT2D eigenvalue weighted by Crippen LogP contribution is -2.29. The molecule has 1 aromatic rings. The molecule has 2 rings (SSSR count). The van der Waals surface area contributed by atoms with Crippen molar-refractivity contribution < 1.29 is 18.3 Å². The average molecular weight is 316 g/mol. The number of aromatic nitrogens is 1. The number of sulfonamides is 1. The predicted molar refractivity (Wildman–Crippen MR) is 79.5 cm³/mol. The van der Waals surface area contributed by atoms with Crippen LogP contribution in [0.25, 0.3) is 0 Å². The molecular weight excluding hydrogens is 292 g/mol. The van der Waals surface area contributed by atoms with Gasteiger partial charge in [0.05, 0.1) is 13.2 Å². The Labute approximate surface area is 126 Å². The van der Waals surface area contributed by atoms with E-state index in [-0.39, 0.29) is 23.5 Å². The van der Waals surface area contributed by atoms with E-state index in [1.807, 2.05) is 13.8 Å². The average Bonchev–Trinajstić information content (AvgIpc) is 3.05. The molecule has 1 aromatic heterocycles. The van der Waals surface area contributed by atoms with Gasteiger partial charge in [0.1, 0.15) is 4.90 Å². The minimum atomic E-state index is -3.49. The van der Waals surface area contributed by atoms with Gasteiger partial charge in [0.25, 0.3) is 0 Å². The standard InChI is InChI=1S/C14H24N2O4S/c1-11(2)16-8-14(6-13(16)9-17)21(18,19)15-5-4-12(7-15)10-20-3/h6,8,11-12,17H,4-5,7,9-10H2,1-3H3. The molecule has 7 heteroatoms. The van der Waals surface area contributed by atoms with Gasteiger partial charge in [0, 0.05) is 38.1 Å². The number of rotatable bonds is 6. The molecule has 0 amide bonds. The Morgan fingerprint density at radius 3 is 2.71 bits per heavy atom. The van der Waals surface area contributed by atoms with Crippen molar-refractivity contribution in [1.29, 1.82) is 0 Å². The van der Waals surface area contributed by atoms with Crippen LogP contribution in [0.2, 0.25) is 0 Å². The van der Waals surface area contributed by atoms with Crippen LogP contribution in [0.15, 0.2) is 17.2 Å². The Morgan fingerprint density at radius 2 is 2.19 bits per heavy atom. The summed E-state index contributed by atoms with van der Waals surface area (Å²) >= 11 is 0. The monoisotopic (exact) mass is 316 g/mol. The van der Waals surface area contributed by atoms with E-state index in [1.165, 1.54) is 4.31 Å². The first kappa shape index (κ1) is 16.5. The first-order valence-electron chi connectivity index (χ1n) is 7.20. The molecule has 1 N–H and O–H groups in total. The van der Waals surface area contributed by atoms with E-state index >= 15 is 0 Å². The van der Waals surface area contributed by atoms with Crippen LogP contribution in [0, 0.1) is 5.92 Å². The first-order chi connectivity index (χ1) is 9.90. The van der Waals surface area contributed by atoms with Crippen molar-refractivity contribution in [3.05, 3.63) is 18.0 Å². The van der Waals surface area contributed by atoms with Crippen molar-refractivity contribution in [3.63, 3.8) is 0 Å². The van der Waals surface area contributed by atoms with Gasteiger partial charge in [-0.3, -0.25) is 0 Å². The summed E-state index contributed by atoms with van der Waals surface area (Å²) in [4.78, 5) is 0.262. The van der Waals surface area contributed by atoms with Crippen molar-refractivity contribution in [2.24, 2.45) is 5.92 Å². The summed E-state index contributed by atoms with van der Waals surface area (Å²) in [7, 11) is -1.86. The van der Waals surface area contributed by atoms with E-state index in [0.29, 0.717) is 25.4 Å². The molecule has 0 aromatic carbocycles. The maximum Gasteiger partial charge on any atom is 0.244 e. The van der Waals surface area contributed by atoms with E-state index in [9.17, 15) is 13.5 Å². The van der Waals surface area contributed by atoms with Crippen LogP contribution in [-0.4, -0.2) is 49.2 Å². The Bertz CT molecular complexity index is 580. The predicted octanol–water partition coefficient (Wildman–Crippen LogP) is 1.22. The topological polar surface area (TPSA) is 71.8 Å². The number of hydrogen-bond acceptors (Lipinski definition) is 4. The maximum absolute atomic E-state index is 12.7. The van der Waals surface area contributed by atoms with Crippen molar-refractivity contribution in [3.8, 4) is 0 Å². The molecular formula is C14H24N2O4S. The normalized spacial score (nSPS) is 20.5. The zero-order chi connectivity index (χ0) is 15.6. The van der Waals surface area contributed by atoms with Crippen LogP contribution in [0.5, 0.6) is 0 Å². The minimum Gasteiger partial charge on any atom is -0.390 e. The van der Waals surface area contributed by atoms with Crippen molar-refractivity contribution in [2.45, 2.75) is 37.8 Å². The molecule has 1 unspecified atom stereocenters. The van der Waals surface area contributed by atoms with E-state index < -0.39 is 10.0 Å². The van der Waals surface area contributed by atoms with Gasteiger partial charge in [-0.25, -0.2) is 8.42 Å². The number of aliphatic hydroxyl groups excluding tert-OH is 1. The molecule has 21 heavy (non-hydrogen) atoms. The second-order valence-corrected chi connectivity index (χ2v) is 7.74. The molecule has 1 aliphatic rings. The molecule has 0 bridgehead atoms. The van der Waals surface area contributed by atoms with Gasteiger partial charge in [-0.15, -0.1) is 0 Å². The van der Waals surface area contributed by atoms with Gasteiger partial charge >= 0.3 is 0 Å². The summed E-state index contributed by atoms with van der Waals surface area (Å²) in [5, 5.41) is 9.38. The molecule has 6 nitrogen and oxygen atoms in total. The summed E-state index contributed by atoms with van der Waals surface area (Å²) in [5.41, 5.74) is 0.621. The number of nitrogens with zero attached hydrogens (tertiary/aromatic N) is 2. The van der Waals surface area contributed by atoms with Gasteiger partial charge in [-0.1, -0.05) is 0 Å². The Kier molecular flexibility index (Phi) is 5.08. The smallest absolute Gasteiger partial charge is 0.244 e.